The number of oxazole rings is 1. The summed E-state index contributed by atoms with van der Waals surface area (Å²) in [6.45, 7) is 18.2. The van der Waals surface area contributed by atoms with Crippen LogP contribution in [0, 0.1) is 0 Å². The van der Waals surface area contributed by atoms with Gasteiger partial charge in [-0.05, 0) is 75.5 Å². The molecular formula is C29H39BN2O6Si. The maximum Gasteiger partial charge on any atom is 0.494 e. The van der Waals surface area contributed by atoms with Gasteiger partial charge in [-0.25, -0.2) is 9.36 Å². The maximum atomic E-state index is 13.4. The Labute approximate surface area is 231 Å². The summed E-state index contributed by atoms with van der Waals surface area (Å²) in [6, 6.07) is 12.4. The van der Waals surface area contributed by atoms with Crippen LogP contribution in [0.2, 0.25) is 25.7 Å². The van der Waals surface area contributed by atoms with Crippen molar-refractivity contribution >= 4 is 37.7 Å². The van der Waals surface area contributed by atoms with Gasteiger partial charge in [0, 0.05) is 26.8 Å². The number of aromatic nitrogens is 1. The van der Waals surface area contributed by atoms with Crippen molar-refractivity contribution in [3.8, 4) is 0 Å². The molecule has 39 heavy (non-hydrogen) atoms. The molecule has 0 aliphatic carbocycles. The first-order chi connectivity index (χ1) is 18.2. The zero-order valence-corrected chi connectivity index (χ0v) is 25.3. The summed E-state index contributed by atoms with van der Waals surface area (Å²) in [5.74, 6) is -0.462. The van der Waals surface area contributed by atoms with Crippen molar-refractivity contribution in [2.24, 2.45) is 0 Å². The number of carbonyl (C=O) groups is 1. The zero-order valence-electron chi connectivity index (χ0n) is 24.3. The molecule has 10 heteroatoms. The van der Waals surface area contributed by atoms with Crippen molar-refractivity contribution in [2.75, 3.05) is 6.61 Å². The van der Waals surface area contributed by atoms with Crippen LogP contribution >= 0.6 is 0 Å². The zero-order chi connectivity index (χ0) is 28.3. The van der Waals surface area contributed by atoms with E-state index < -0.39 is 32.2 Å². The van der Waals surface area contributed by atoms with Gasteiger partial charge in [0.05, 0.1) is 22.8 Å². The highest BCUT2D eigenvalue weighted by Crippen LogP contribution is 2.38. The average molecular weight is 551 g/mol. The van der Waals surface area contributed by atoms with Gasteiger partial charge in [-0.3, -0.25) is 4.79 Å². The second-order valence-electron chi connectivity index (χ2n) is 13.0. The Kier molecular flexibility index (Phi) is 6.98. The Morgan fingerprint density at radius 3 is 2.36 bits per heavy atom. The number of rotatable bonds is 8. The Morgan fingerprint density at radius 2 is 1.69 bits per heavy atom. The summed E-state index contributed by atoms with van der Waals surface area (Å²) in [5, 5.41) is 0. The third kappa shape index (κ3) is 5.27. The molecule has 2 aliphatic rings. The van der Waals surface area contributed by atoms with Gasteiger partial charge in [0.1, 0.15) is 6.73 Å². The summed E-state index contributed by atoms with van der Waals surface area (Å²) >= 11 is 0. The van der Waals surface area contributed by atoms with E-state index in [0.29, 0.717) is 29.8 Å². The maximum absolute atomic E-state index is 13.4. The van der Waals surface area contributed by atoms with E-state index in [4.69, 9.17) is 18.5 Å². The first-order valence-electron chi connectivity index (χ1n) is 13.7. The van der Waals surface area contributed by atoms with E-state index in [0.717, 1.165) is 22.6 Å². The van der Waals surface area contributed by atoms with Crippen LogP contribution in [0.3, 0.4) is 0 Å². The SMILES string of the molecule is CC1c2cc(B3OC(C)(C)C(C)(C)O3)ccc2C(=O)N1Cc1ccc2c(c1)oc(=O)n2COCC[Si](C)(C)C. The van der Waals surface area contributed by atoms with Crippen molar-refractivity contribution in [2.45, 2.75) is 90.8 Å². The third-order valence-corrected chi connectivity index (χ3v) is 10.0. The highest BCUT2D eigenvalue weighted by Gasteiger charge is 2.52. The van der Waals surface area contributed by atoms with E-state index in [1.165, 1.54) is 4.57 Å². The molecule has 1 aromatic heterocycles. The van der Waals surface area contributed by atoms with Crippen LogP contribution in [0.15, 0.2) is 45.6 Å². The summed E-state index contributed by atoms with van der Waals surface area (Å²) in [7, 11) is -1.69. The lowest BCUT2D eigenvalue weighted by Gasteiger charge is -2.32. The van der Waals surface area contributed by atoms with Gasteiger partial charge >= 0.3 is 12.9 Å². The predicted molar refractivity (Wildman–Crippen MR) is 155 cm³/mol. The molecule has 1 fully saturated rings. The normalized spacial score (nSPS) is 20.3. The molecule has 1 amide bonds. The van der Waals surface area contributed by atoms with Gasteiger partial charge in [-0.1, -0.05) is 37.8 Å². The molecule has 3 aromatic rings. The fraction of sp³-hybridized carbons (Fsp3) is 0.517. The van der Waals surface area contributed by atoms with E-state index in [1.807, 2.05) is 75.9 Å². The summed E-state index contributed by atoms with van der Waals surface area (Å²) in [5.41, 5.74) is 3.76. The van der Waals surface area contributed by atoms with Crippen molar-refractivity contribution in [3.63, 3.8) is 0 Å². The van der Waals surface area contributed by atoms with E-state index in [-0.39, 0.29) is 18.7 Å². The van der Waals surface area contributed by atoms with Crippen molar-refractivity contribution in [1.82, 2.24) is 9.47 Å². The van der Waals surface area contributed by atoms with Crippen LogP contribution in [-0.4, -0.2) is 48.4 Å². The Morgan fingerprint density at radius 1 is 1.00 bits per heavy atom. The average Bonchev–Trinajstić information content (AvgIpc) is 3.36. The van der Waals surface area contributed by atoms with Crippen molar-refractivity contribution in [1.29, 1.82) is 0 Å². The first kappa shape index (κ1) is 27.9. The number of fused-ring (bicyclic) bond motifs is 2. The molecule has 0 bridgehead atoms. The number of hydrogen-bond acceptors (Lipinski definition) is 6. The highest BCUT2D eigenvalue weighted by atomic mass is 28.3. The lowest BCUT2D eigenvalue weighted by atomic mass is 9.77. The molecule has 2 aliphatic heterocycles. The minimum absolute atomic E-state index is 0.0205. The molecule has 1 unspecified atom stereocenters. The third-order valence-electron chi connectivity index (χ3n) is 8.31. The topological polar surface area (TPSA) is 83.1 Å². The molecule has 0 radical (unpaired) electrons. The van der Waals surface area contributed by atoms with Crippen molar-refractivity contribution < 1.29 is 23.3 Å². The standard InChI is InChI=1S/C29H39BN2O6Si/c1-19-23-16-21(30-37-28(2,3)29(4,5)38-30)10-11-22(23)26(33)31(19)17-20-9-12-24-25(15-20)36-27(34)32(24)18-35-13-14-39(6,7)8/h9-12,15-16,19H,13-14,17-18H2,1-8H3. The molecule has 208 valence electrons. The van der Waals surface area contributed by atoms with Crippen LogP contribution in [0.4, 0.5) is 0 Å². The van der Waals surface area contributed by atoms with E-state index in [2.05, 4.69) is 19.6 Å². The van der Waals surface area contributed by atoms with Gasteiger partial charge < -0.3 is 23.4 Å². The van der Waals surface area contributed by atoms with Gasteiger partial charge in [-0.2, -0.15) is 0 Å². The molecular weight excluding hydrogens is 511 g/mol. The minimum atomic E-state index is -1.21. The van der Waals surface area contributed by atoms with Crippen LogP contribution in [0.25, 0.3) is 11.1 Å². The summed E-state index contributed by atoms with van der Waals surface area (Å²) in [6.07, 6.45) is 0. The number of carbonyl (C=O) groups excluding carboxylic acids is 1. The quantitative estimate of drug-likeness (QED) is 0.293. The number of amides is 1. The second kappa shape index (κ2) is 9.76. The van der Waals surface area contributed by atoms with E-state index >= 15 is 0 Å². The Bertz CT molecular complexity index is 1450. The first-order valence-corrected chi connectivity index (χ1v) is 17.4. The molecule has 3 heterocycles. The summed E-state index contributed by atoms with van der Waals surface area (Å²) in [4.78, 5) is 27.7. The highest BCUT2D eigenvalue weighted by molar-refractivity contribution is 6.76. The van der Waals surface area contributed by atoms with E-state index in [9.17, 15) is 9.59 Å². The smallest absolute Gasteiger partial charge is 0.408 e. The molecule has 0 spiro atoms. The van der Waals surface area contributed by atoms with Crippen molar-refractivity contribution in [3.05, 3.63) is 63.6 Å². The van der Waals surface area contributed by atoms with Crippen LogP contribution in [0.1, 0.15) is 62.1 Å². The van der Waals surface area contributed by atoms with E-state index in [1.54, 1.807) is 0 Å². The molecule has 1 atom stereocenters. The molecule has 0 saturated carbocycles. The van der Waals surface area contributed by atoms with Gasteiger partial charge in [0.2, 0.25) is 0 Å². The molecule has 5 rings (SSSR count). The lowest BCUT2D eigenvalue weighted by Crippen LogP contribution is -2.41. The van der Waals surface area contributed by atoms with Gasteiger partial charge in [-0.15, -0.1) is 0 Å². The summed E-state index contributed by atoms with van der Waals surface area (Å²) < 4.78 is 25.3. The molecule has 8 nitrogen and oxygen atoms in total. The lowest BCUT2D eigenvalue weighted by molar-refractivity contribution is 0.00578. The number of nitrogens with zero attached hydrogens (tertiary/aromatic N) is 2. The van der Waals surface area contributed by atoms with Gasteiger partial charge in [0.25, 0.3) is 5.91 Å². The monoisotopic (exact) mass is 550 g/mol. The van der Waals surface area contributed by atoms with Crippen LogP contribution < -0.4 is 11.2 Å². The second-order valence-corrected chi connectivity index (χ2v) is 18.6. The minimum Gasteiger partial charge on any atom is -0.408 e. The molecule has 2 aromatic carbocycles. The number of ether oxygens (including phenoxy) is 1. The fourth-order valence-corrected chi connectivity index (χ4v) is 5.77. The largest absolute Gasteiger partial charge is 0.494 e. The Balaban J connectivity index is 1.31. The van der Waals surface area contributed by atoms with Gasteiger partial charge in [0.15, 0.2) is 5.58 Å². The predicted octanol–water partition coefficient (Wildman–Crippen LogP) is 4.92. The Hall–Kier alpha value is -2.66. The molecule has 0 N–H and O–H groups in total. The van der Waals surface area contributed by atoms with Crippen LogP contribution in [-0.2, 0) is 27.3 Å². The molecule has 1 saturated heterocycles. The number of benzene rings is 2. The fourth-order valence-electron chi connectivity index (χ4n) is 5.02. The number of hydrogen-bond donors (Lipinski definition) is 0. The van der Waals surface area contributed by atoms with Crippen LogP contribution in [0.5, 0.6) is 0 Å².